The maximum atomic E-state index is 12.8. The van der Waals surface area contributed by atoms with Crippen molar-refractivity contribution in [3.8, 4) is 0 Å². The Balaban J connectivity index is 1.91. The lowest BCUT2D eigenvalue weighted by Crippen LogP contribution is -2.54. The number of hydrogen-bond acceptors (Lipinski definition) is 6. The molecule has 1 N–H and O–H groups in total. The molecule has 1 atom stereocenters. The summed E-state index contributed by atoms with van der Waals surface area (Å²) in [5, 5.41) is 17.4. The van der Waals surface area contributed by atoms with Crippen LogP contribution in [0.5, 0.6) is 0 Å². The molecule has 2 aromatic heterocycles. The smallest absolute Gasteiger partial charge is 0.325 e. The minimum atomic E-state index is -1.74. The quantitative estimate of drug-likeness (QED) is 0.637. The third-order valence-electron chi connectivity index (χ3n) is 4.38. The number of carbonyl (C=O) groups is 3. The molecule has 9 heteroatoms. The van der Waals surface area contributed by atoms with Gasteiger partial charge in [-0.1, -0.05) is 11.3 Å². The van der Waals surface area contributed by atoms with Gasteiger partial charge in [0.25, 0.3) is 5.91 Å². The van der Waals surface area contributed by atoms with E-state index >= 15 is 0 Å². The zero-order valence-electron chi connectivity index (χ0n) is 13.7. The van der Waals surface area contributed by atoms with Crippen LogP contribution in [-0.4, -0.2) is 62.4 Å². The number of hydrogen-bond donors (Lipinski definition) is 1. The normalized spacial score (nSPS) is 20.4. The molecule has 0 saturated carbocycles. The monoisotopic (exact) mass is 346 g/mol. The van der Waals surface area contributed by atoms with Gasteiger partial charge in [0.1, 0.15) is 0 Å². The van der Waals surface area contributed by atoms with Crippen LogP contribution in [0.25, 0.3) is 5.52 Å². The van der Waals surface area contributed by atoms with E-state index in [1.807, 2.05) is 0 Å². The highest BCUT2D eigenvalue weighted by Crippen LogP contribution is 2.33. The molecule has 0 aliphatic carbocycles. The fourth-order valence-corrected chi connectivity index (χ4v) is 3.07. The van der Waals surface area contributed by atoms with Crippen LogP contribution in [0.15, 0.2) is 24.4 Å². The predicted octanol–water partition coefficient (Wildman–Crippen LogP) is 0.599. The van der Waals surface area contributed by atoms with Crippen molar-refractivity contribution in [2.45, 2.75) is 19.8 Å². The molecule has 1 aliphatic rings. The van der Waals surface area contributed by atoms with E-state index in [4.69, 9.17) is 4.74 Å². The average Bonchev–Trinajstić information content (AvgIpc) is 3.05. The van der Waals surface area contributed by atoms with E-state index in [1.165, 1.54) is 9.42 Å². The van der Waals surface area contributed by atoms with E-state index in [1.54, 1.807) is 31.3 Å². The van der Waals surface area contributed by atoms with Gasteiger partial charge in [-0.2, -0.15) is 0 Å². The molecule has 0 spiro atoms. The first kappa shape index (κ1) is 16.9. The van der Waals surface area contributed by atoms with Gasteiger partial charge in [-0.15, -0.1) is 5.10 Å². The van der Waals surface area contributed by atoms with Gasteiger partial charge in [0, 0.05) is 19.3 Å². The van der Waals surface area contributed by atoms with Crippen molar-refractivity contribution >= 4 is 23.4 Å². The fourth-order valence-electron chi connectivity index (χ4n) is 3.07. The number of ether oxygens (including phenoxy) is 1. The Labute approximate surface area is 143 Å². The van der Waals surface area contributed by atoms with Crippen LogP contribution in [0.3, 0.4) is 0 Å². The number of carboxylic acid groups (broad SMARTS) is 1. The molecule has 25 heavy (non-hydrogen) atoms. The first-order valence-corrected chi connectivity index (χ1v) is 7.99. The van der Waals surface area contributed by atoms with Crippen molar-refractivity contribution in [2.24, 2.45) is 5.41 Å². The third-order valence-corrected chi connectivity index (χ3v) is 4.38. The Morgan fingerprint density at radius 3 is 2.88 bits per heavy atom. The van der Waals surface area contributed by atoms with Gasteiger partial charge in [0.05, 0.1) is 12.1 Å². The molecule has 1 aliphatic heterocycles. The van der Waals surface area contributed by atoms with Crippen molar-refractivity contribution < 1.29 is 24.2 Å². The van der Waals surface area contributed by atoms with Gasteiger partial charge >= 0.3 is 11.9 Å². The molecular weight excluding hydrogens is 328 g/mol. The van der Waals surface area contributed by atoms with E-state index in [-0.39, 0.29) is 25.3 Å². The highest BCUT2D eigenvalue weighted by Gasteiger charge is 2.51. The zero-order valence-corrected chi connectivity index (χ0v) is 13.7. The lowest BCUT2D eigenvalue weighted by molar-refractivity contribution is -0.172. The maximum absolute atomic E-state index is 12.8. The maximum Gasteiger partial charge on any atom is 0.325 e. The zero-order chi connectivity index (χ0) is 18.0. The Morgan fingerprint density at radius 2 is 2.16 bits per heavy atom. The molecule has 3 rings (SSSR count). The molecule has 9 nitrogen and oxygen atoms in total. The summed E-state index contributed by atoms with van der Waals surface area (Å²) in [6.45, 7) is 1.80. The lowest BCUT2D eigenvalue weighted by atomic mass is 9.79. The SMILES string of the molecule is CCOC(=O)C1(C(=O)O)CCCN(C(=O)c2nnn3ccccc23)C1. The number of piperidine rings is 1. The molecule has 1 saturated heterocycles. The van der Waals surface area contributed by atoms with Gasteiger partial charge in [-0.05, 0) is 31.9 Å². The number of carboxylic acids is 1. The van der Waals surface area contributed by atoms with Gasteiger partial charge in [0.15, 0.2) is 11.1 Å². The standard InChI is InChI=1S/C16H18N4O5/c1-2-25-15(24)16(14(22)23)7-5-8-19(10-16)13(21)12-11-6-3-4-9-20(11)18-17-12/h3-4,6,9H,2,5,7-8,10H2,1H3,(H,22,23). The first-order chi connectivity index (χ1) is 12.0. The second-order valence-electron chi connectivity index (χ2n) is 5.91. The second-order valence-corrected chi connectivity index (χ2v) is 5.91. The van der Waals surface area contributed by atoms with Gasteiger partial charge in [-0.25, -0.2) is 4.52 Å². The van der Waals surface area contributed by atoms with Crippen molar-refractivity contribution in [3.63, 3.8) is 0 Å². The summed E-state index contributed by atoms with van der Waals surface area (Å²) in [7, 11) is 0. The second kappa shape index (κ2) is 6.50. The number of carbonyl (C=O) groups excluding carboxylic acids is 2. The first-order valence-electron chi connectivity index (χ1n) is 7.99. The predicted molar refractivity (Wildman–Crippen MR) is 84.8 cm³/mol. The largest absolute Gasteiger partial charge is 0.480 e. The summed E-state index contributed by atoms with van der Waals surface area (Å²) < 4.78 is 6.41. The Morgan fingerprint density at radius 1 is 1.36 bits per heavy atom. The summed E-state index contributed by atoms with van der Waals surface area (Å²) in [5.41, 5.74) is -1.09. The van der Waals surface area contributed by atoms with E-state index in [2.05, 4.69) is 10.3 Å². The summed E-state index contributed by atoms with van der Waals surface area (Å²) in [6.07, 6.45) is 2.18. The van der Waals surface area contributed by atoms with Crippen LogP contribution in [0.2, 0.25) is 0 Å². The van der Waals surface area contributed by atoms with E-state index in [0.717, 1.165) is 0 Å². The summed E-state index contributed by atoms with van der Waals surface area (Å²) in [4.78, 5) is 38.2. The number of esters is 1. The topological polar surface area (TPSA) is 114 Å². The molecule has 1 fully saturated rings. The van der Waals surface area contributed by atoms with Crippen molar-refractivity contribution in [1.82, 2.24) is 19.7 Å². The summed E-state index contributed by atoms with van der Waals surface area (Å²) in [5.74, 6) is -2.54. The number of aliphatic carboxylic acids is 1. The minimum absolute atomic E-state index is 0.0808. The molecule has 132 valence electrons. The Bertz CT molecular complexity index is 833. The van der Waals surface area contributed by atoms with Crippen LogP contribution in [0.4, 0.5) is 0 Å². The molecule has 2 aromatic rings. The number of rotatable bonds is 4. The molecule has 1 amide bonds. The fraction of sp³-hybridized carbons (Fsp3) is 0.438. The minimum Gasteiger partial charge on any atom is -0.480 e. The summed E-state index contributed by atoms with van der Waals surface area (Å²) >= 11 is 0. The third kappa shape index (κ3) is 2.81. The highest BCUT2D eigenvalue weighted by atomic mass is 16.5. The van der Waals surface area contributed by atoms with Crippen LogP contribution in [0.1, 0.15) is 30.3 Å². The Kier molecular flexibility index (Phi) is 4.39. The van der Waals surface area contributed by atoms with Crippen LogP contribution in [-0.2, 0) is 14.3 Å². The number of likely N-dealkylation sites (tertiary alicyclic amines) is 1. The number of fused-ring (bicyclic) bond motifs is 1. The van der Waals surface area contributed by atoms with Crippen molar-refractivity contribution in [2.75, 3.05) is 19.7 Å². The highest BCUT2D eigenvalue weighted by molar-refractivity contribution is 6.02. The van der Waals surface area contributed by atoms with Crippen LogP contribution < -0.4 is 0 Å². The number of aromatic nitrogens is 3. The van der Waals surface area contributed by atoms with Gasteiger partial charge in [-0.3, -0.25) is 14.4 Å². The average molecular weight is 346 g/mol. The van der Waals surface area contributed by atoms with Gasteiger partial charge < -0.3 is 14.7 Å². The van der Waals surface area contributed by atoms with Gasteiger partial charge in [0.2, 0.25) is 0 Å². The summed E-state index contributed by atoms with van der Waals surface area (Å²) in [6, 6.07) is 5.21. The Hall–Kier alpha value is -2.97. The van der Waals surface area contributed by atoms with E-state index in [9.17, 15) is 19.5 Å². The number of nitrogens with zero attached hydrogens (tertiary/aromatic N) is 4. The molecule has 0 bridgehead atoms. The lowest BCUT2D eigenvalue weighted by Gasteiger charge is -2.37. The molecule has 1 unspecified atom stereocenters. The van der Waals surface area contributed by atoms with E-state index in [0.29, 0.717) is 18.5 Å². The molecule has 0 aromatic carbocycles. The number of pyridine rings is 1. The van der Waals surface area contributed by atoms with E-state index < -0.39 is 23.3 Å². The molecule has 0 radical (unpaired) electrons. The van der Waals surface area contributed by atoms with Crippen LogP contribution >= 0.6 is 0 Å². The number of amides is 1. The molecular formula is C16H18N4O5. The van der Waals surface area contributed by atoms with Crippen molar-refractivity contribution in [3.05, 3.63) is 30.1 Å². The van der Waals surface area contributed by atoms with Crippen molar-refractivity contribution in [1.29, 1.82) is 0 Å². The van der Waals surface area contributed by atoms with Crippen LogP contribution in [0, 0.1) is 5.41 Å². The molecule has 3 heterocycles.